The molecule has 2 aliphatic rings. The van der Waals surface area contributed by atoms with Gasteiger partial charge in [-0.25, -0.2) is 0 Å². The molecule has 2 aliphatic heterocycles. The Hall–Kier alpha value is -3.15. The molecule has 0 saturated heterocycles. The Morgan fingerprint density at radius 3 is 2.64 bits per heavy atom. The molecule has 33 heavy (non-hydrogen) atoms. The predicted molar refractivity (Wildman–Crippen MR) is 132 cm³/mol. The minimum Gasteiger partial charge on any atom is -0.497 e. The third kappa shape index (κ3) is 4.65. The lowest BCUT2D eigenvalue weighted by Gasteiger charge is -2.24. The second-order valence-electron chi connectivity index (χ2n) is 7.81. The highest BCUT2D eigenvalue weighted by molar-refractivity contribution is 9.09. The second kappa shape index (κ2) is 10.2. The SMILES string of the molecule is [CH]=C=CN1C[C@@H]2CC(c3ccc(OC)cc3)=CN2C(=O)c2cc(OC)c(OCCCBr)cc21. The van der Waals surface area contributed by atoms with Gasteiger partial charge in [-0.2, -0.15) is 0 Å². The molecule has 171 valence electrons. The van der Waals surface area contributed by atoms with E-state index < -0.39 is 0 Å². The van der Waals surface area contributed by atoms with Crippen LogP contribution < -0.4 is 19.1 Å². The zero-order valence-corrected chi connectivity index (χ0v) is 20.3. The van der Waals surface area contributed by atoms with Gasteiger partial charge in [-0.1, -0.05) is 28.1 Å². The van der Waals surface area contributed by atoms with E-state index >= 15 is 0 Å². The van der Waals surface area contributed by atoms with Crippen LogP contribution in [0.5, 0.6) is 17.2 Å². The van der Waals surface area contributed by atoms with E-state index in [0.29, 0.717) is 30.2 Å². The molecule has 7 heteroatoms. The monoisotopic (exact) mass is 509 g/mol. The molecule has 1 amide bonds. The lowest BCUT2D eigenvalue weighted by molar-refractivity contribution is 0.0795. The topological polar surface area (TPSA) is 51.2 Å². The predicted octanol–water partition coefficient (Wildman–Crippen LogP) is 5.04. The van der Waals surface area contributed by atoms with Gasteiger partial charge in [0, 0.05) is 30.3 Å². The van der Waals surface area contributed by atoms with E-state index in [1.54, 1.807) is 26.5 Å². The first kappa shape index (κ1) is 23.0. The summed E-state index contributed by atoms with van der Waals surface area (Å²) in [6.07, 6.45) is 5.21. The fraction of sp³-hybridized carbons (Fsp3) is 0.308. The maximum Gasteiger partial charge on any atom is 0.260 e. The maximum absolute atomic E-state index is 13.7. The number of hydrogen-bond acceptors (Lipinski definition) is 5. The molecular formula is C26H26BrN2O4. The van der Waals surface area contributed by atoms with Crippen molar-refractivity contribution in [1.29, 1.82) is 0 Å². The summed E-state index contributed by atoms with van der Waals surface area (Å²) in [5, 5.41) is 0.843. The van der Waals surface area contributed by atoms with Crippen molar-refractivity contribution in [3.63, 3.8) is 0 Å². The van der Waals surface area contributed by atoms with Crippen LogP contribution in [0.2, 0.25) is 0 Å². The quantitative estimate of drug-likeness (QED) is 0.283. The highest BCUT2D eigenvalue weighted by atomic mass is 79.9. The van der Waals surface area contributed by atoms with Crippen LogP contribution in [-0.2, 0) is 0 Å². The van der Waals surface area contributed by atoms with Gasteiger partial charge < -0.3 is 24.0 Å². The van der Waals surface area contributed by atoms with Gasteiger partial charge in [0.2, 0.25) is 0 Å². The van der Waals surface area contributed by atoms with Crippen LogP contribution in [0.3, 0.4) is 0 Å². The minimum atomic E-state index is -0.0864. The van der Waals surface area contributed by atoms with Gasteiger partial charge in [0.15, 0.2) is 11.5 Å². The number of nitrogens with zero attached hydrogens (tertiary/aromatic N) is 2. The first-order valence-corrected chi connectivity index (χ1v) is 11.9. The van der Waals surface area contributed by atoms with Crippen LogP contribution in [0.25, 0.3) is 5.57 Å². The van der Waals surface area contributed by atoms with Crippen molar-refractivity contribution in [2.75, 3.05) is 37.6 Å². The standard InChI is InChI=1S/C26H26BrN2O4/c1-4-11-28-17-20-13-19(18-6-8-21(31-2)9-7-18)16-29(20)26(30)22-14-24(32-3)25(15-23(22)28)33-12-5-10-27/h1,6-9,11,14-16,20H,5,10,12-13,17H2,2-3H3/t4?,20-/m0/s1. The van der Waals surface area contributed by atoms with Gasteiger partial charge in [0.05, 0.1) is 38.1 Å². The Labute approximate surface area is 202 Å². The normalized spacial score (nSPS) is 16.9. The number of amides is 1. The first-order chi connectivity index (χ1) is 16.1. The van der Waals surface area contributed by atoms with Gasteiger partial charge in [-0.05, 0) is 48.8 Å². The summed E-state index contributed by atoms with van der Waals surface area (Å²) in [6.45, 7) is 6.76. The van der Waals surface area contributed by atoms with Crippen LogP contribution in [0.4, 0.5) is 5.69 Å². The van der Waals surface area contributed by atoms with Crippen molar-refractivity contribution in [3.05, 3.63) is 72.2 Å². The number of halogens is 1. The van der Waals surface area contributed by atoms with E-state index in [9.17, 15) is 4.79 Å². The molecule has 1 atom stereocenters. The fourth-order valence-electron chi connectivity index (χ4n) is 4.20. The van der Waals surface area contributed by atoms with Gasteiger partial charge in [-0.15, -0.1) is 5.73 Å². The third-order valence-electron chi connectivity index (χ3n) is 5.83. The van der Waals surface area contributed by atoms with Crippen molar-refractivity contribution in [2.24, 2.45) is 0 Å². The molecule has 0 unspecified atom stereocenters. The first-order valence-electron chi connectivity index (χ1n) is 10.7. The Balaban J connectivity index is 1.72. The van der Waals surface area contributed by atoms with Crippen molar-refractivity contribution in [3.8, 4) is 17.2 Å². The van der Waals surface area contributed by atoms with E-state index in [-0.39, 0.29) is 11.9 Å². The molecule has 0 aliphatic carbocycles. The van der Waals surface area contributed by atoms with Gasteiger partial charge in [0.1, 0.15) is 5.75 Å². The molecule has 2 aromatic rings. The number of alkyl halides is 1. The summed E-state index contributed by atoms with van der Waals surface area (Å²) >= 11 is 3.41. The summed E-state index contributed by atoms with van der Waals surface area (Å²) in [7, 11) is 3.22. The van der Waals surface area contributed by atoms with E-state index in [4.69, 9.17) is 20.8 Å². The number of ether oxygens (including phenoxy) is 3. The molecule has 0 saturated carbocycles. The zero-order chi connectivity index (χ0) is 23.4. The highest BCUT2D eigenvalue weighted by Gasteiger charge is 2.37. The summed E-state index contributed by atoms with van der Waals surface area (Å²) in [4.78, 5) is 17.4. The van der Waals surface area contributed by atoms with Crippen molar-refractivity contribution in [1.82, 2.24) is 4.90 Å². The maximum atomic E-state index is 13.7. The second-order valence-corrected chi connectivity index (χ2v) is 8.61. The van der Waals surface area contributed by atoms with Gasteiger partial charge >= 0.3 is 0 Å². The molecule has 0 N–H and O–H groups in total. The molecule has 2 aromatic carbocycles. The fourth-order valence-corrected chi connectivity index (χ4v) is 4.43. The number of anilines is 1. The molecule has 0 spiro atoms. The average molecular weight is 510 g/mol. The van der Waals surface area contributed by atoms with E-state index in [0.717, 1.165) is 40.7 Å². The Morgan fingerprint density at radius 1 is 1.18 bits per heavy atom. The van der Waals surface area contributed by atoms with E-state index in [1.165, 1.54) is 0 Å². The largest absolute Gasteiger partial charge is 0.497 e. The van der Waals surface area contributed by atoms with Crippen molar-refractivity contribution in [2.45, 2.75) is 18.9 Å². The van der Waals surface area contributed by atoms with Gasteiger partial charge in [-0.3, -0.25) is 4.79 Å². The number of carbonyl (C=O) groups excluding carboxylic acids is 1. The molecule has 0 fully saturated rings. The number of hydrogen-bond donors (Lipinski definition) is 0. The van der Waals surface area contributed by atoms with Crippen LogP contribution in [0.1, 0.15) is 28.8 Å². The molecule has 0 bridgehead atoms. The van der Waals surface area contributed by atoms with Crippen LogP contribution in [-0.4, -0.2) is 49.6 Å². The van der Waals surface area contributed by atoms with Crippen molar-refractivity contribution >= 4 is 33.1 Å². The zero-order valence-electron chi connectivity index (χ0n) is 18.7. The number of benzene rings is 2. The molecule has 1 radical (unpaired) electrons. The van der Waals surface area contributed by atoms with Crippen LogP contribution >= 0.6 is 15.9 Å². The number of rotatable bonds is 8. The number of fused-ring (bicyclic) bond motifs is 2. The van der Waals surface area contributed by atoms with E-state index in [1.807, 2.05) is 46.3 Å². The van der Waals surface area contributed by atoms with Crippen LogP contribution in [0.15, 0.2) is 54.5 Å². The number of methoxy groups -OCH3 is 2. The smallest absolute Gasteiger partial charge is 0.260 e. The lowest BCUT2D eigenvalue weighted by atomic mass is 10.0. The highest BCUT2D eigenvalue weighted by Crippen LogP contribution is 2.41. The lowest BCUT2D eigenvalue weighted by Crippen LogP contribution is -2.36. The molecular weight excluding hydrogens is 484 g/mol. The Bertz CT molecular complexity index is 1110. The molecule has 2 heterocycles. The summed E-state index contributed by atoms with van der Waals surface area (Å²) < 4.78 is 16.7. The Kier molecular flexibility index (Phi) is 7.11. The minimum absolute atomic E-state index is 0.0460. The average Bonchev–Trinajstić information content (AvgIpc) is 3.23. The van der Waals surface area contributed by atoms with Crippen molar-refractivity contribution < 1.29 is 19.0 Å². The third-order valence-corrected chi connectivity index (χ3v) is 6.40. The summed E-state index contributed by atoms with van der Waals surface area (Å²) in [5.41, 5.74) is 6.04. The molecule has 0 aromatic heterocycles. The molecule has 6 nitrogen and oxygen atoms in total. The summed E-state index contributed by atoms with van der Waals surface area (Å²) in [5.74, 6) is 1.83. The summed E-state index contributed by atoms with van der Waals surface area (Å²) in [6, 6.07) is 11.4. The molecule has 4 rings (SSSR count). The Morgan fingerprint density at radius 2 is 1.97 bits per heavy atom. The van der Waals surface area contributed by atoms with Crippen LogP contribution in [0, 0.1) is 6.58 Å². The van der Waals surface area contributed by atoms with Gasteiger partial charge in [0.25, 0.3) is 5.91 Å². The van der Waals surface area contributed by atoms with E-state index in [2.05, 4.69) is 21.7 Å². The number of carbonyl (C=O) groups is 1.